The summed E-state index contributed by atoms with van der Waals surface area (Å²) in [7, 11) is -3.68. The molecule has 7 heteroatoms. The predicted molar refractivity (Wildman–Crippen MR) is 97.8 cm³/mol. The second kappa shape index (κ2) is 6.47. The lowest BCUT2D eigenvalue weighted by atomic mass is 9.87. The lowest BCUT2D eigenvalue weighted by Gasteiger charge is -2.23. The van der Waals surface area contributed by atoms with Crippen LogP contribution in [0.4, 0.5) is 0 Å². The smallest absolute Gasteiger partial charge is 0.246 e. The highest BCUT2D eigenvalue weighted by Crippen LogP contribution is 2.51. The number of hydrogen-bond donors (Lipinski definition) is 0. The van der Waals surface area contributed by atoms with Crippen molar-refractivity contribution in [3.63, 3.8) is 0 Å². The number of hydrogen-bond acceptors (Lipinski definition) is 3. The van der Waals surface area contributed by atoms with E-state index < -0.39 is 16.3 Å². The van der Waals surface area contributed by atoms with Crippen molar-refractivity contribution in [2.45, 2.75) is 22.4 Å². The first-order chi connectivity index (χ1) is 12.0. The molecule has 0 N–H and O–H groups in total. The van der Waals surface area contributed by atoms with Crippen LogP contribution in [-0.4, -0.2) is 36.8 Å². The van der Waals surface area contributed by atoms with Crippen LogP contribution in [0.15, 0.2) is 59.5 Å². The molecule has 0 saturated carbocycles. The van der Waals surface area contributed by atoms with Crippen molar-refractivity contribution in [3.05, 3.63) is 60.2 Å². The van der Waals surface area contributed by atoms with Crippen LogP contribution < -0.4 is 4.74 Å². The molecule has 4 rings (SSSR count). The molecule has 132 valence electrons. The van der Waals surface area contributed by atoms with Crippen LogP contribution in [-0.2, 0) is 10.0 Å². The van der Waals surface area contributed by atoms with Gasteiger partial charge in [0, 0.05) is 29.8 Å². The third kappa shape index (κ3) is 2.74. The van der Waals surface area contributed by atoms with E-state index in [1.165, 1.54) is 4.31 Å². The number of para-hydroxylation sites is 1. The molecule has 0 aliphatic carbocycles. The fourth-order valence-corrected chi connectivity index (χ4v) is 5.80. The Hall–Kier alpha value is -1.27. The van der Waals surface area contributed by atoms with Gasteiger partial charge in [0.2, 0.25) is 10.0 Å². The maximum absolute atomic E-state index is 13.2. The maximum atomic E-state index is 13.2. The van der Waals surface area contributed by atoms with Gasteiger partial charge in [-0.1, -0.05) is 36.4 Å². The molecule has 2 heterocycles. The van der Waals surface area contributed by atoms with Gasteiger partial charge < -0.3 is 4.74 Å². The predicted octanol–water partition coefficient (Wildman–Crippen LogP) is 3.66. The summed E-state index contributed by atoms with van der Waals surface area (Å²) in [6.07, 6.45) is -0.586. The van der Waals surface area contributed by atoms with Crippen molar-refractivity contribution in [3.8, 4) is 5.75 Å². The Kier molecular flexibility index (Phi) is 4.44. The summed E-state index contributed by atoms with van der Waals surface area (Å²) in [6, 6.07) is 16.1. The minimum atomic E-state index is -3.68. The minimum Gasteiger partial charge on any atom is -0.473 e. The molecule has 0 aromatic heterocycles. The highest BCUT2D eigenvalue weighted by Gasteiger charge is 2.55. The van der Waals surface area contributed by atoms with E-state index in [9.17, 15) is 8.42 Å². The lowest BCUT2D eigenvalue weighted by molar-refractivity contribution is 0.130. The fraction of sp³-hybridized carbons (Fsp3) is 0.333. The van der Waals surface area contributed by atoms with Gasteiger partial charge in [-0.25, -0.2) is 8.42 Å². The Morgan fingerprint density at radius 1 is 1.12 bits per heavy atom. The van der Waals surface area contributed by atoms with Crippen LogP contribution in [0.5, 0.6) is 5.75 Å². The topological polar surface area (TPSA) is 46.6 Å². The molecular weight excluding hydrogens is 381 g/mol. The van der Waals surface area contributed by atoms with E-state index in [0.29, 0.717) is 12.3 Å². The molecule has 25 heavy (non-hydrogen) atoms. The Morgan fingerprint density at radius 2 is 1.80 bits per heavy atom. The van der Waals surface area contributed by atoms with E-state index in [4.69, 9.17) is 27.9 Å². The van der Waals surface area contributed by atoms with Crippen molar-refractivity contribution in [2.24, 2.45) is 5.92 Å². The first-order valence-corrected chi connectivity index (χ1v) is 10.5. The van der Waals surface area contributed by atoms with Crippen molar-refractivity contribution in [1.29, 1.82) is 0 Å². The molecule has 1 saturated heterocycles. The molecule has 0 radical (unpaired) electrons. The molecule has 0 spiro atoms. The third-order valence-electron chi connectivity index (χ3n) is 4.93. The van der Waals surface area contributed by atoms with Gasteiger partial charge in [0.15, 0.2) is 6.23 Å². The molecule has 2 aliphatic rings. The molecule has 4 unspecified atom stereocenters. The van der Waals surface area contributed by atoms with Crippen molar-refractivity contribution < 1.29 is 13.2 Å². The number of rotatable bonds is 4. The number of fused-ring (bicyclic) bond motifs is 3. The van der Waals surface area contributed by atoms with Gasteiger partial charge in [-0.15, -0.1) is 23.2 Å². The number of nitrogens with zero attached hydrogens (tertiary/aromatic N) is 1. The van der Waals surface area contributed by atoms with Gasteiger partial charge in [-0.05, 0) is 18.2 Å². The standard InChI is InChI=1S/C18H17Cl2NO3S/c19-10-15(20)14-11-21(25(22,23)12-6-2-1-3-7-12)18-17(14)13-8-4-5-9-16(13)24-18/h1-9,14-15,17-18H,10-11H2. The monoisotopic (exact) mass is 397 g/mol. The maximum Gasteiger partial charge on any atom is 0.246 e. The van der Waals surface area contributed by atoms with Crippen LogP contribution in [0, 0.1) is 5.92 Å². The summed E-state index contributed by atoms with van der Waals surface area (Å²) in [4.78, 5) is 0.256. The van der Waals surface area contributed by atoms with Gasteiger partial charge in [0.25, 0.3) is 0 Å². The Labute approximate surface area is 157 Å². The Morgan fingerprint density at radius 3 is 2.52 bits per heavy atom. The average molecular weight is 398 g/mol. The highest BCUT2D eigenvalue weighted by molar-refractivity contribution is 7.89. The summed E-state index contributed by atoms with van der Waals surface area (Å²) < 4.78 is 33.8. The SMILES string of the molecule is O=S(=O)(c1ccccc1)N1CC(C(Cl)CCl)C2c3ccccc3OC21. The highest BCUT2D eigenvalue weighted by atomic mass is 35.5. The van der Waals surface area contributed by atoms with E-state index in [1.54, 1.807) is 30.3 Å². The zero-order valence-corrected chi connectivity index (χ0v) is 15.6. The Balaban J connectivity index is 1.77. The lowest BCUT2D eigenvalue weighted by Crippen LogP contribution is -2.39. The summed E-state index contributed by atoms with van der Waals surface area (Å²) in [5.41, 5.74) is 0.999. The van der Waals surface area contributed by atoms with E-state index in [-0.39, 0.29) is 28.0 Å². The van der Waals surface area contributed by atoms with Crippen LogP contribution in [0.25, 0.3) is 0 Å². The summed E-state index contributed by atoms with van der Waals surface area (Å²) >= 11 is 12.4. The number of sulfonamides is 1. The van der Waals surface area contributed by atoms with Crippen LogP contribution >= 0.6 is 23.2 Å². The number of alkyl halides is 2. The van der Waals surface area contributed by atoms with E-state index in [2.05, 4.69) is 0 Å². The van der Waals surface area contributed by atoms with Crippen molar-refractivity contribution >= 4 is 33.2 Å². The first kappa shape index (κ1) is 17.2. The minimum absolute atomic E-state index is 0.105. The van der Waals surface area contributed by atoms with Gasteiger partial charge in [-0.3, -0.25) is 0 Å². The summed E-state index contributed by atoms with van der Waals surface area (Å²) in [5.74, 6) is 0.757. The summed E-state index contributed by atoms with van der Waals surface area (Å²) in [5, 5.41) is -0.333. The van der Waals surface area contributed by atoms with Gasteiger partial charge in [0.05, 0.1) is 10.3 Å². The van der Waals surface area contributed by atoms with Crippen molar-refractivity contribution in [2.75, 3.05) is 12.4 Å². The van der Waals surface area contributed by atoms with E-state index in [0.717, 1.165) is 5.56 Å². The van der Waals surface area contributed by atoms with E-state index >= 15 is 0 Å². The molecular formula is C18H17Cl2NO3S. The van der Waals surface area contributed by atoms with Gasteiger partial charge in [0.1, 0.15) is 5.75 Å². The molecule has 0 bridgehead atoms. The Bertz CT molecular complexity index is 875. The first-order valence-electron chi connectivity index (χ1n) is 8.06. The molecule has 2 aromatic rings. The van der Waals surface area contributed by atoms with Crippen LogP contribution in [0.3, 0.4) is 0 Å². The van der Waals surface area contributed by atoms with Gasteiger partial charge in [-0.2, -0.15) is 4.31 Å². The molecule has 4 atom stereocenters. The number of ether oxygens (including phenoxy) is 1. The largest absolute Gasteiger partial charge is 0.473 e. The summed E-state index contributed by atoms with van der Waals surface area (Å²) in [6.45, 7) is 0.293. The fourth-order valence-electron chi connectivity index (χ4n) is 3.74. The molecule has 2 aliphatic heterocycles. The third-order valence-corrected chi connectivity index (χ3v) is 7.74. The normalized spacial score (nSPS) is 26.7. The second-order valence-electron chi connectivity index (χ2n) is 6.29. The molecule has 2 aromatic carbocycles. The van der Waals surface area contributed by atoms with Crippen molar-refractivity contribution in [1.82, 2.24) is 4.31 Å². The van der Waals surface area contributed by atoms with Crippen LogP contribution in [0.1, 0.15) is 11.5 Å². The number of benzene rings is 2. The number of halogens is 2. The zero-order chi connectivity index (χ0) is 17.6. The second-order valence-corrected chi connectivity index (χ2v) is 9.05. The molecule has 0 amide bonds. The zero-order valence-electron chi connectivity index (χ0n) is 13.3. The van der Waals surface area contributed by atoms with Crippen LogP contribution in [0.2, 0.25) is 0 Å². The molecule has 4 nitrogen and oxygen atoms in total. The quantitative estimate of drug-likeness (QED) is 0.739. The molecule has 1 fully saturated rings. The van der Waals surface area contributed by atoms with Gasteiger partial charge >= 0.3 is 0 Å². The average Bonchev–Trinajstić information content (AvgIpc) is 3.19. The van der Waals surface area contributed by atoms with E-state index in [1.807, 2.05) is 24.3 Å².